The van der Waals surface area contributed by atoms with E-state index in [1.165, 1.54) is 70.4 Å². The maximum atomic E-state index is 11.5. The summed E-state index contributed by atoms with van der Waals surface area (Å²) >= 11 is 0. The number of rotatable bonds is 10. The molecule has 0 spiro atoms. The van der Waals surface area contributed by atoms with Gasteiger partial charge in [0, 0.05) is 14.2 Å². The Kier molecular flexibility index (Phi) is 14.4. The van der Waals surface area contributed by atoms with E-state index in [9.17, 15) is 48.0 Å². The third-order valence-electron chi connectivity index (χ3n) is 8.84. The summed E-state index contributed by atoms with van der Waals surface area (Å²) in [6.07, 6.45) is 26.7. The van der Waals surface area contributed by atoms with E-state index < -0.39 is 42.5 Å². The summed E-state index contributed by atoms with van der Waals surface area (Å²) in [5, 5.41) is 0. The molecule has 0 radical (unpaired) electrons. The molecule has 0 atom stereocenters. The van der Waals surface area contributed by atoms with Crippen LogP contribution in [0, 0.1) is 0 Å². The third-order valence-corrected chi connectivity index (χ3v) is 18.5. The topological polar surface area (TPSA) is 107 Å². The lowest BCUT2D eigenvalue weighted by molar-refractivity contribution is -0.141. The monoisotopic (exact) mass is 676 g/mol. The Morgan fingerprint density at radius 1 is 0.667 bits per heavy atom. The average Bonchev–Trinajstić information content (AvgIpc) is 2.91. The number of sulfonamides is 2. The first-order chi connectivity index (χ1) is 19.4. The second-order valence-corrected chi connectivity index (χ2v) is 19.9. The molecule has 1 N–H and O–H groups in total. The minimum absolute atomic E-state index is 0.108. The number of nitrogens with one attached hydrogen (secondary N) is 1. The summed E-state index contributed by atoms with van der Waals surface area (Å²) in [6, 6.07) is 0. The van der Waals surface area contributed by atoms with E-state index in [4.69, 9.17) is 4.74 Å². The Hall–Kier alpha value is -0.660. The van der Waals surface area contributed by atoms with E-state index in [-0.39, 0.29) is 5.97 Å². The van der Waals surface area contributed by atoms with Crippen LogP contribution in [-0.2, 0) is 29.6 Å². The Morgan fingerprint density at radius 2 is 1.00 bits per heavy atom. The molecular weight excluding hydrogens is 631 g/mol. The van der Waals surface area contributed by atoms with Crippen LogP contribution < -0.4 is 4.13 Å². The third kappa shape index (κ3) is 10.5. The van der Waals surface area contributed by atoms with Crippen LogP contribution in [0.15, 0.2) is 0 Å². The first-order valence-corrected chi connectivity index (χ1v) is 20.0. The SMILES string of the molecule is CC(=O)OCCCC[P+](C1CCCCC1)(C1CCCCC1)C1CCCCC1.O=S(=O)(NS(=O)(=O)C(F)(F)F)C(F)(F)F. The molecule has 0 bridgehead atoms. The van der Waals surface area contributed by atoms with E-state index in [0.29, 0.717) is 6.61 Å². The summed E-state index contributed by atoms with van der Waals surface area (Å²) in [4.78, 5) is 11.1. The summed E-state index contributed by atoms with van der Waals surface area (Å²) in [5.74, 6) is -0.108. The highest BCUT2D eigenvalue weighted by Gasteiger charge is 2.57. The number of hydrogen-bond donors (Lipinski definition) is 1. The lowest BCUT2D eigenvalue weighted by Gasteiger charge is -2.49. The van der Waals surface area contributed by atoms with E-state index in [0.717, 1.165) is 23.4 Å². The molecule has 3 aliphatic carbocycles. The number of ether oxygens (including phenoxy) is 1. The number of unbranched alkanes of at least 4 members (excludes halogenated alkanes) is 1. The minimum Gasteiger partial charge on any atom is -0.466 e. The number of carbonyl (C=O) groups excluding carboxylic acids is 1. The predicted molar refractivity (Wildman–Crippen MR) is 151 cm³/mol. The molecule has 248 valence electrons. The summed E-state index contributed by atoms with van der Waals surface area (Å²) in [5.41, 5.74) is -9.03. The normalized spacial score (nSPS) is 20.9. The van der Waals surface area contributed by atoms with Crippen LogP contribution in [0.4, 0.5) is 26.3 Å². The first kappa shape index (κ1) is 37.5. The summed E-state index contributed by atoms with van der Waals surface area (Å²) in [6.45, 7) is 2.19. The zero-order chi connectivity index (χ0) is 31.7. The number of carbonyl (C=O) groups is 1. The van der Waals surface area contributed by atoms with Gasteiger partial charge in [0.05, 0.1) is 29.7 Å². The van der Waals surface area contributed by atoms with Gasteiger partial charge >= 0.3 is 37.0 Å². The van der Waals surface area contributed by atoms with Crippen LogP contribution in [-0.4, -0.2) is 63.6 Å². The van der Waals surface area contributed by atoms with Crippen molar-refractivity contribution in [1.82, 2.24) is 4.13 Å². The van der Waals surface area contributed by atoms with Crippen LogP contribution in [0.2, 0.25) is 0 Å². The highest BCUT2D eigenvalue weighted by Crippen LogP contribution is 2.77. The lowest BCUT2D eigenvalue weighted by Crippen LogP contribution is -2.45. The minimum atomic E-state index is -6.60. The zero-order valence-electron chi connectivity index (χ0n) is 24.1. The van der Waals surface area contributed by atoms with Gasteiger partial charge in [-0.1, -0.05) is 23.4 Å². The standard InChI is InChI=1S/C24H44O2P.C2HF6NO4S2/c1-21(25)26-19-11-12-20-27(22-13-5-2-6-14-22,23-15-7-3-8-16-23)24-17-9-4-10-18-24;3-1(4,5)14(10,11)9-15(12,13)2(6,7)8/h22-24H,2-20H2,1H3;9H/q+1;. The van der Waals surface area contributed by atoms with Gasteiger partial charge in [0.25, 0.3) is 0 Å². The number of esters is 1. The van der Waals surface area contributed by atoms with Gasteiger partial charge < -0.3 is 4.74 Å². The molecule has 0 aromatic rings. The van der Waals surface area contributed by atoms with Crippen molar-refractivity contribution in [3.8, 4) is 0 Å². The van der Waals surface area contributed by atoms with Gasteiger partial charge in [-0.15, -0.1) is 0 Å². The van der Waals surface area contributed by atoms with E-state index >= 15 is 0 Å². The van der Waals surface area contributed by atoms with E-state index in [1.54, 1.807) is 45.4 Å². The fraction of sp³-hybridized carbons (Fsp3) is 0.962. The van der Waals surface area contributed by atoms with Gasteiger partial charge in [-0.2, -0.15) is 26.3 Å². The van der Waals surface area contributed by atoms with Crippen LogP contribution in [0.5, 0.6) is 0 Å². The lowest BCUT2D eigenvalue weighted by atomic mass is 9.99. The molecule has 0 aromatic heterocycles. The van der Waals surface area contributed by atoms with Crippen LogP contribution >= 0.6 is 7.26 Å². The number of alkyl halides is 6. The molecule has 3 saturated carbocycles. The molecule has 42 heavy (non-hydrogen) atoms. The molecule has 0 unspecified atom stereocenters. The van der Waals surface area contributed by atoms with Crippen LogP contribution in [0.1, 0.15) is 116 Å². The Balaban J connectivity index is 0.000000351. The fourth-order valence-electron chi connectivity index (χ4n) is 7.07. The molecular formula is C26H45F6NO6PS2+. The second kappa shape index (κ2) is 16.1. The molecule has 3 aliphatic rings. The maximum absolute atomic E-state index is 11.5. The predicted octanol–water partition coefficient (Wildman–Crippen LogP) is 7.62. The van der Waals surface area contributed by atoms with Crippen molar-refractivity contribution in [2.24, 2.45) is 0 Å². The molecule has 0 aromatic carbocycles. The second-order valence-electron chi connectivity index (χ2n) is 11.6. The van der Waals surface area contributed by atoms with Gasteiger partial charge in [0.2, 0.25) is 0 Å². The molecule has 16 heteroatoms. The number of hydrogen-bond acceptors (Lipinski definition) is 6. The van der Waals surface area contributed by atoms with Crippen molar-refractivity contribution in [3.63, 3.8) is 0 Å². The Labute approximate surface area is 246 Å². The average molecular weight is 677 g/mol. The molecule has 0 heterocycles. The van der Waals surface area contributed by atoms with E-state index in [1.807, 2.05) is 0 Å². The van der Waals surface area contributed by atoms with Gasteiger partial charge in [-0.25, -0.2) is 16.8 Å². The molecule has 0 saturated heterocycles. The smallest absolute Gasteiger partial charge is 0.466 e. The quantitative estimate of drug-likeness (QED) is 0.110. The van der Waals surface area contributed by atoms with Crippen LogP contribution in [0.3, 0.4) is 0 Å². The largest absolute Gasteiger partial charge is 0.512 e. The Bertz CT molecular complexity index is 963. The van der Waals surface area contributed by atoms with Crippen molar-refractivity contribution in [1.29, 1.82) is 0 Å². The Morgan fingerprint density at radius 3 is 1.29 bits per heavy atom. The zero-order valence-corrected chi connectivity index (χ0v) is 26.7. The van der Waals surface area contributed by atoms with Gasteiger partial charge in [0.1, 0.15) is 0 Å². The molecule has 3 fully saturated rings. The highest BCUT2D eigenvalue weighted by molar-refractivity contribution is 8.05. The van der Waals surface area contributed by atoms with Crippen LogP contribution in [0.25, 0.3) is 0 Å². The van der Waals surface area contributed by atoms with Crippen molar-refractivity contribution in [2.75, 3.05) is 12.8 Å². The fourth-order valence-corrected chi connectivity index (χ4v) is 16.6. The highest BCUT2D eigenvalue weighted by atomic mass is 32.3. The molecule has 7 nitrogen and oxygen atoms in total. The first-order valence-electron chi connectivity index (χ1n) is 14.9. The molecule has 0 amide bonds. The van der Waals surface area contributed by atoms with E-state index in [2.05, 4.69) is 0 Å². The number of halogens is 6. The summed E-state index contributed by atoms with van der Waals surface area (Å²) < 4.78 is 114. The van der Waals surface area contributed by atoms with Gasteiger partial charge in [0.15, 0.2) is 0 Å². The van der Waals surface area contributed by atoms with Gasteiger partial charge in [-0.3, -0.25) is 4.79 Å². The molecule has 3 rings (SSSR count). The van der Waals surface area contributed by atoms with Gasteiger partial charge in [-0.05, 0) is 89.9 Å². The van der Waals surface area contributed by atoms with Crippen molar-refractivity contribution in [3.05, 3.63) is 0 Å². The maximum Gasteiger partial charge on any atom is 0.512 e. The van der Waals surface area contributed by atoms with Crippen molar-refractivity contribution in [2.45, 2.75) is 144 Å². The molecule has 0 aliphatic heterocycles. The van der Waals surface area contributed by atoms with Crippen molar-refractivity contribution >= 4 is 33.3 Å². The van der Waals surface area contributed by atoms with Crippen molar-refractivity contribution < 1.29 is 52.7 Å². The summed E-state index contributed by atoms with van der Waals surface area (Å²) in [7, 11) is -14.1.